The van der Waals surface area contributed by atoms with Crippen LogP contribution in [-0.2, 0) is 20.1 Å². The summed E-state index contributed by atoms with van der Waals surface area (Å²) < 4.78 is 3.94. The molecule has 3 aromatic rings. The summed E-state index contributed by atoms with van der Waals surface area (Å²) in [6, 6.07) is 2.18. The lowest BCUT2D eigenvalue weighted by molar-refractivity contribution is 0.445. The molecule has 0 radical (unpaired) electrons. The number of nitrogens with one attached hydrogen (secondary N) is 1. The molecule has 3 heterocycles. The van der Waals surface area contributed by atoms with Gasteiger partial charge in [0, 0.05) is 44.1 Å². The van der Waals surface area contributed by atoms with Gasteiger partial charge in [-0.2, -0.15) is 5.10 Å². The second kappa shape index (κ2) is 6.27. The Bertz CT molecular complexity index is 743. The fourth-order valence-corrected chi connectivity index (χ4v) is 2.73. The molecule has 0 saturated heterocycles. The lowest BCUT2D eigenvalue weighted by Gasteiger charge is -2.13. The number of imidazole rings is 1. The molecule has 116 valence electrons. The quantitative estimate of drug-likeness (QED) is 0.755. The molecule has 0 spiro atoms. The average Bonchev–Trinajstić information content (AvgIpc) is 3.08. The first-order valence-electron chi connectivity index (χ1n) is 7.58. The van der Waals surface area contributed by atoms with Crippen molar-refractivity contribution in [1.82, 2.24) is 29.6 Å². The highest BCUT2D eigenvalue weighted by Gasteiger charge is 2.07. The van der Waals surface area contributed by atoms with Crippen LogP contribution in [0.5, 0.6) is 0 Å². The third kappa shape index (κ3) is 3.17. The van der Waals surface area contributed by atoms with Gasteiger partial charge < -0.3 is 9.88 Å². The highest BCUT2D eigenvalue weighted by atomic mass is 15.3. The number of nitrogens with zero attached hydrogens (tertiary/aromatic N) is 5. The van der Waals surface area contributed by atoms with Crippen LogP contribution in [-0.4, -0.2) is 30.9 Å². The van der Waals surface area contributed by atoms with Crippen LogP contribution < -0.4 is 5.32 Å². The van der Waals surface area contributed by atoms with Gasteiger partial charge in [-0.1, -0.05) is 6.92 Å². The third-order valence-electron chi connectivity index (χ3n) is 3.82. The molecule has 0 fully saturated rings. The van der Waals surface area contributed by atoms with Gasteiger partial charge in [0.25, 0.3) is 0 Å². The van der Waals surface area contributed by atoms with Gasteiger partial charge in [0.1, 0.15) is 0 Å². The van der Waals surface area contributed by atoms with Crippen molar-refractivity contribution < 1.29 is 0 Å². The van der Waals surface area contributed by atoms with Gasteiger partial charge in [0.15, 0.2) is 5.65 Å². The molecule has 0 aliphatic rings. The van der Waals surface area contributed by atoms with Crippen molar-refractivity contribution in [2.45, 2.75) is 26.9 Å². The van der Waals surface area contributed by atoms with Crippen molar-refractivity contribution in [3.8, 4) is 0 Å². The Morgan fingerprint density at radius 2 is 2.23 bits per heavy atom. The number of rotatable bonds is 6. The summed E-state index contributed by atoms with van der Waals surface area (Å²) in [5.74, 6) is 0.547. The normalized spacial score (nSPS) is 12.9. The molecule has 0 aromatic carbocycles. The number of hydrogen-bond acceptors (Lipinski definition) is 4. The van der Waals surface area contributed by atoms with Gasteiger partial charge in [0.2, 0.25) is 0 Å². The van der Waals surface area contributed by atoms with E-state index in [4.69, 9.17) is 0 Å². The average molecular weight is 298 g/mol. The zero-order valence-corrected chi connectivity index (χ0v) is 13.3. The van der Waals surface area contributed by atoms with E-state index in [1.807, 2.05) is 43.6 Å². The van der Waals surface area contributed by atoms with E-state index < -0.39 is 0 Å². The molecule has 0 bridgehead atoms. The zero-order chi connectivity index (χ0) is 15.5. The Morgan fingerprint density at radius 3 is 3.00 bits per heavy atom. The van der Waals surface area contributed by atoms with E-state index in [-0.39, 0.29) is 0 Å². The Hall–Kier alpha value is -2.21. The summed E-state index contributed by atoms with van der Waals surface area (Å²) in [4.78, 5) is 8.58. The minimum atomic E-state index is 0.547. The third-order valence-corrected chi connectivity index (χ3v) is 3.82. The fourth-order valence-electron chi connectivity index (χ4n) is 2.73. The minimum absolute atomic E-state index is 0.547. The molecule has 3 rings (SSSR count). The van der Waals surface area contributed by atoms with Crippen molar-refractivity contribution in [2.75, 3.05) is 6.54 Å². The van der Waals surface area contributed by atoms with E-state index in [1.165, 1.54) is 5.56 Å². The summed E-state index contributed by atoms with van der Waals surface area (Å²) in [5, 5.41) is 9.04. The van der Waals surface area contributed by atoms with Crippen molar-refractivity contribution in [3.63, 3.8) is 0 Å². The van der Waals surface area contributed by atoms with E-state index in [2.05, 4.69) is 37.9 Å². The first-order valence-corrected chi connectivity index (χ1v) is 7.58. The SMILES string of the molecule is Cc1nn(C)c2ncc(CNCC(C)Cn3ccnc3)cc12. The number of aromatic nitrogens is 5. The smallest absolute Gasteiger partial charge is 0.157 e. The molecular formula is C16H22N6. The topological polar surface area (TPSA) is 60.6 Å². The van der Waals surface area contributed by atoms with Crippen LogP contribution in [0.15, 0.2) is 31.0 Å². The largest absolute Gasteiger partial charge is 0.337 e. The van der Waals surface area contributed by atoms with Crippen LogP contribution in [0.2, 0.25) is 0 Å². The summed E-state index contributed by atoms with van der Waals surface area (Å²) in [6.07, 6.45) is 7.60. The molecule has 1 unspecified atom stereocenters. The minimum Gasteiger partial charge on any atom is -0.337 e. The van der Waals surface area contributed by atoms with Crippen LogP contribution in [0, 0.1) is 12.8 Å². The molecule has 1 N–H and O–H groups in total. The number of aryl methyl sites for hydroxylation is 2. The zero-order valence-electron chi connectivity index (χ0n) is 13.3. The van der Waals surface area contributed by atoms with E-state index in [0.717, 1.165) is 36.4 Å². The predicted octanol–water partition coefficient (Wildman–Crippen LogP) is 1.90. The van der Waals surface area contributed by atoms with Gasteiger partial charge in [-0.3, -0.25) is 4.68 Å². The van der Waals surface area contributed by atoms with Crippen LogP contribution in [0.4, 0.5) is 0 Å². The number of pyridine rings is 1. The highest BCUT2D eigenvalue weighted by molar-refractivity contribution is 5.78. The maximum Gasteiger partial charge on any atom is 0.157 e. The van der Waals surface area contributed by atoms with E-state index in [0.29, 0.717) is 5.92 Å². The summed E-state index contributed by atoms with van der Waals surface area (Å²) in [6.45, 7) is 7.02. The summed E-state index contributed by atoms with van der Waals surface area (Å²) >= 11 is 0. The standard InChI is InChI=1S/C16H22N6/c1-12(10-22-5-4-17-11-22)7-18-8-14-6-15-13(2)20-21(3)16(15)19-9-14/h4-6,9,11-12,18H,7-8,10H2,1-3H3. The molecule has 6 nitrogen and oxygen atoms in total. The fraction of sp³-hybridized carbons (Fsp3) is 0.438. The lowest BCUT2D eigenvalue weighted by atomic mass is 10.1. The van der Waals surface area contributed by atoms with E-state index in [9.17, 15) is 0 Å². The molecule has 6 heteroatoms. The summed E-state index contributed by atoms with van der Waals surface area (Å²) in [5.41, 5.74) is 3.16. The van der Waals surface area contributed by atoms with E-state index in [1.54, 1.807) is 0 Å². The Labute approximate surface area is 130 Å². The van der Waals surface area contributed by atoms with E-state index >= 15 is 0 Å². The first-order chi connectivity index (χ1) is 10.6. The van der Waals surface area contributed by atoms with Crippen LogP contribution in [0.3, 0.4) is 0 Å². The number of fused-ring (bicyclic) bond motifs is 1. The van der Waals surface area contributed by atoms with Gasteiger partial charge in [-0.05, 0) is 31.0 Å². The van der Waals surface area contributed by atoms with Crippen LogP contribution in [0.1, 0.15) is 18.2 Å². The molecule has 1 atom stereocenters. The van der Waals surface area contributed by atoms with Crippen molar-refractivity contribution >= 4 is 11.0 Å². The monoisotopic (exact) mass is 298 g/mol. The maximum absolute atomic E-state index is 4.51. The van der Waals surface area contributed by atoms with Crippen molar-refractivity contribution in [3.05, 3.63) is 42.2 Å². The van der Waals surface area contributed by atoms with Gasteiger partial charge in [-0.15, -0.1) is 0 Å². The van der Waals surface area contributed by atoms with Gasteiger partial charge in [0.05, 0.1) is 12.0 Å². The second-order valence-electron chi connectivity index (χ2n) is 5.92. The first kappa shape index (κ1) is 14.7. The van der Waals surface area contributed by atoms with Gasteiger partial charge >= 0.3 is 0 Å². The van der Waals surface area contributed by atoms with Crippen LogP contribution >= 0.6 is 0 Å². The second-order valence-corrected chi connectivity index (χ2v) is 5.92. The maximum atomic E-state index is 4.51. The molecule has 0 saturated carbocycles. The van der Waals surface area contributed by atoms with Crippen molar-refractivity contribution in [2.24, 2.45) is 13.0 Å². The molecule has 0 amide bonds. The van der Waals surface area contributed by atoms with Crippen molar-refractivity contribution in [1.29, 1.82) is 0 Å². The van der Waals surface area contributed by atoms with Gasteiger partial charge in [-0.25, -0.2) is 9.97 Å². The molecular weight excluding hydrogens is 276 g/mol. The molecule has 22 heavy (non-hydrogen) atoms. The Morgan fingerprint density at radius 1 is 1.36 bits per heavy atom. The molecule has 0 aliphatic heterocycles. The Balaban J connectivity index is 1.56. The highest BCUT2D eigenvalue weighted by Crippen LogP contribution is 2.16. The number of hydrogen-bond donors (Lipinski definition) is 1. The summed E-state index contributed by atoms with van der Waals surface area (Å²) in [7, 11) is 1.93. The predicted molar refractivity (Wildman–Crippen MR) is 86.3 cm³/mol. The van der Waals surface area contributed by atoms with Crippen LogP contribution in [0.25, 0.3) is 11.0 Å². The lowest BCUT2D eigenvalue weighted by Crippen LogP contribution is -2.23. The molecule has 3 aromatic heterocycles. The Kier molecular flexibility index (Phi) is 4.20. The molecule has 0 aliphatic carbocycles.